The number of carbonyl (C=O) groups is 3. The van der Waals surface area contributed by atoms with Crippen molar-refractivity contribution in [2.45, 2.75) is 19.3 Å². The number of ketones is 1. The van der Waals surface area contributed by atoms with E-state index in [4.69, 9.17) is 9.84 Å². The van der Waals surface area contributed by atoms with E-state index in [0.717, 1.165) is 16.3 Å². The van der Waals surface area contributed by atoms with Crippen LogP contribution >= 0.6 is 0 Å². The molecule has 0 aliphatic rings. The topological polar surface area (TPSA) is 80.7 Å². The third-order valence-electron chi connectivity index (χ3n) is 3.23. The zero-order valence-electron chi connectivity index (χ0n) is 12.0. The fraction of sp³-hybridized carbons (Fsp3) is 0.235. The van der Waals surface area contributed by atoms with Crippen LogP contribution in [0.25, 0.3) is 10.8 Å². The maximum Gasteiger partial charge on any atom is 0.310 e. The zero-order chi connectivity index (χ0) is 15.9. The number of carbonyl (C=O) groups excluding carboxylic acids is 2. The van der Waals surface area contributed by atoms with Crippen molar-refractivity contribution in [3.8, 4) is 0 Å². The van der Waals surface area contributed by atoms with E-state index in [-0.39, 0.29) is 25.9 Å². The van der Waals surface area contributed by atoms with Crippen molar-refractivity contribution in [3.05, 3.63) is 48.0 Å². The Kier molecular flexibility index (Phi) is 5.25. The van der Waals surface area contributed by atoms with E-state index in [1.54, 1.807) is 0 Å². The molecule has 0 radical (unpaired) electrons. The lowest BCUT2D eigenvalue weighted by atomic mass is 10.0. The first kappa shape index (κ1) is 15.7. The highest BCUT2D eigenvalue weighted by Crippen LogP contribution is 2.19. The minimum Gasteiger partial charge on any atom is -0.481 e. The molecule has 114 valence electrons. The molecule has 2 aromatic rings. The van der Waals surface area contributed by atoms with Crippen molar-refractivity contribution in [3.63, 3.8) is 0 Å². The molecule has 2 aromatic carbocycles. The van der Waals surface area contributed by atoms with Crippen LogP contribution < -0.4 is 0 Å². The highest BCUT2D eigenvalue weighted by molar-refractivity contribution is 5.90. The zero-order valence-corrected chi connectivity index (χ0v) is 12.0. The predicted octanol–water partition coefficient (Wildman–Crippen LogP) is 2.36. The maximum absolute atomic E-state index is 11.8. The summed E-state index contributed by atoms with van der Waals surface area (Å²) >= 11 is 0. The number of rotatable bonds is 7. The Balaban J connectivity index is 1.91. The van der Waals surface area contributed by atoms with Gasteiger partial charge in [0.2, 0.25) is 0 Å². The van der Waals surface area contributed by atoms with Crippen LogP contribution in [-0.4, -0.2) is 29.4 Å². The molecule has 0 spiro atoms. The normalized spacial score (nSPS) is 10.4. The smallest absolute Gasteiger partial charge is 0.310 e. The third-order valence-corrected chi connectivity index (χ3v) is 3.23. The van der Waals surface area contributed by atoms with Crippen molar-refractivity contribution in [2.75, 3.05) is 6.61 Å². The maximum atomic E-state index is 11.8. The van der Waals surface area contributed by atoms with Crippen LogP contribution in [0.5, 0.6) is 0 Å². The second kappa shape index (κ2) is 7.36. The van der Waals surface area contributed by atoms with Gasteiger partial charge in [-0.2, -0.15) is 0 Å². The average molecular weight is 300 g/mol. The van der Waals surface area contributed by atoms with Gasteiger partial charge in [0.25, 0.3) is 0 Å². The minimum atomic E-state index is -1.05. The van der Waals surface area contributed by atoms with E-state index in [2.05, 4.69) is 0 Å². The largest absolute Gasteiger partial charge is 0.481 e. The van der Waals surface area contributed by atoms with Gasteiger partial charge >= 0.3 is 11.9 Å². The predicted molar refractivity (Wildman–Crippen MR) is 80.5 cm³/mol. The quantitative estimate of drug-likeness (QED) is 0.794. The van der Waals surface area contributed by atoms with Crippen LogP contribution in [0.1, 0.15) is 18.4 Å². The van der Waals surface area contributed by atoms with Gasteiger partial charge in [-0.1, -0.05) is 42.5 Å². The minimum absolute atomic E-state index is 0.0769. The molecular weight excluding hydrogens is 284 g/mol. The Bertz CT molecular complexity index is 700. The summed E-state index contributed by atoms with van der Waals surface area (Å²) in [7, 11) is 0. The van der Waals surface area contributed by atoms with E-state index in [9.17, 15) is 14.4 Å². The molecule has 0 fully saturated rings. The second-order valence-corrected chi connectivity index (χ2v) is 4.91. The molecule has 5 nitrogen and oxygen atoms in total. The van der Waals surface area contributed by atoms with Gasteiger partial charge in [0.05, 0.1) is 12.8 Å². The molecule has 0 unspecified atom stereocenters. The van der Waals surface area contributed by atoms with Crippen LogP contribution in [0.3, 0.4) is 0 Å². The Labute approximate surface area is 127 Å². The molecule has 2 rings (SSSR count). The first-order valence-corrected chi connectivity index (χ1v) is 6.92. The lowest BCUT2D eigenvalue weighted by Crippen LogP contribution is -2.16. The molecule has 0 aliphatic carbocycles. The van der Waals surface area contributed by atoms with E-state index in [1.165, 1.54) is 0 Å². The molecule has 0 saturated heterocycles. The van der Waals surface area contributed by atoms with Crippen LogP contribution in [0.4, 0.5) is 0 Å². The number of fused-ring (bicyclic) bond motifs is 1. The fourth-order valence-electron chi connectivity index (χ4n) is 2.13. The summed E-state index contributed by atoms with van der Waals surface area (Å²) in [4.78, 5) is 33.5. The highest BCUT2D eigenvalue weighted by Gasteiger charge is 2.11. The van der Waals surface area contributed by atoms with Crippen LogP contribution in [0.15, 0.2) is 42.5 Å². The summed E-state index contributed by atoms with van der Waals surface area (Å²) in [5, 5.41) is 10.5. The third kappa shape index (κ3) is 4.41. The Morgan fingerprint density at radius 3 is 2.45 bits per heavy atom. The fourth-order valence-corrected chi connectivity index (χ4v) is 2.13. The van der Waals surface area contributed by atoms with Gasteiger partial charge in [-0.05, 0) is 16.3 Å². The van der Waals surface area contributed by atoms with Gasteiger partial charge < -0.3 is 9.84 Å². The number of carboxylic acids is 1. The lowest BCUT2D eigenvalue weighted by molar-refractivity contribution is -0.147. The van der Waals surface area contributed by atoms with Gasteiger partial charge in [-0.15, -0.1) is 0 Å². The second-order valence-electron chi connectivity index (χ2n) is 4.91. The SMILES string of the molecule is O=C(O)CCC(=O)COC(=O)Cc1cccc2ccccc12. The summed E-state index contributed by atoms with van der Waals surface area (Å²) in [6, 6.07) is 13.4. The summed E-state index contributed by atoms with van der Waals surface area (Å²) in [6.07, 6.45) is -0.301. The Hall–Kier alpha value is -2.69. The number of hydrogen-bond acceptors (Lipinski definition) is 4. The molecular formula is C17H16O5. The number of benzene rings is 2. The number of hydrogen-bond donors (Lipinski definition) is 1. The Morgan fingerprint density at radius 1 is 0.955 bits per heavy atom. The Morgan fingerprint density at radius 2 is 1.68 bits per heavy atom. The van der Waals surface area contributed by atoms with E-state index in [1.807, 2.05) is 42.5 Å². The number of esters is 1. The van der Waals surface area contributed by atoms with Gasteiger partial charge in [-0.25, -0.2) is 0 Å². The van der Waals surface area contributed by atoms with Crippen LogP contribution in [0, 0.1) is 0 Å². The van der Waals surface area contributed by atoms with E-state index in [0.29, 0.717) is 0 Å². The molecule has 22 heavy (non-hydrogen) atoms. The van der Waals surface area contributed by atoms with Crippen molar-refractivity contribution in [2.24, 2.45) is 0 Å². The monoisotopic (exact) mass is 300 g/mol. The van der Waals surface area contributed by atoms with E-state index < -0.39 is 17.7 Å². The summed E-state index contributed by atoms with van der Waals surface area (Å²) < 4.78 is 4.91. The van der Waals surface area contributed by atoms with Gasteiger partial charge in [-0.3, -0.25) is 14.4 Å². The van der Waals surface area contributed by atoms with Gasteiger partial charge in [0.15, 0.2) is 5.78 Å². The molecule has 5 heteroatoms. The first-order valence-electron chi connectivity index (χ1n) is 6.92. The summed E-state index contributed by atoms with van der Waals surface area (Å²) in [6.45, 7) is -0.378. The van der Waals surface area contributed by atoms with Crippen molar-refractivity contribution in [1.82, 2.24) is 0 Å². The average Bonchev–Trinajstić information content (AvgIpc) is 2.51. The van der Waals surface area contributed by atoms with E-state index >= 15 is 0 Å². The number of Topliss-reactive ketones (excluding diaryl/α,β-unsaturated/α-hetero) is 1. The van der Waals surface area contributed by atoms with Gasteiger partial charge in [0.1, 0.15) is 6.61 Å². The summed E-state index contributed by atoms with van der Waals surface area (Å²) in [5.41, 5.74) is 0.834. The van der Waals surface area contributed by atoms with Crippen LogP contribution in [-0.2, 0) is 25.5 Å². The molecule has 0 bridgehead atoms. The molecule has 0 heterocycles. The van der Waals surface area contributed by atoms with Gasteiger partial charge in [0, 0.05) is 6.42 Å². The molecule has 0 amide bonds. The summed E-state index contributed by atoms with van der Waals surface area (Å²) in [5.74, 6) is -1.94. The molecule has 0 atom stereocenters. The first-order chi connectivity index (χ1) is 10.6. The molecule has 0 aliphatic heterocycles. The number of ether oxygens (including phenoxy) is 1. The van der Waals surface area contributed by atoms with Crippen molar-refractivity contribution >= 4 is 28.5 Å². The molecule has 0 saturated carbocycles. The number of aliphatic carboxylic acids is 1. The van der Waals surface area contributed by atoms with Crippen molar-refractivity contribution in [1.29, 1.82) is 0 Å². The standard InChI is InChI=1S/C17H16O5/c18-14(8-9-16(19)20)11-22-17(21)10-13-6-3-5-12-4-1-2-7-15(12)13/h1-7H,8-11H2,(H,19,20). The van der Waals surface area contributed by atoms with Crippen LogP contribution in [0.2, 0.25) is 0 Å². The molecule has 0 aromatic heterocycles. The molecule has 1 N–H and O–H groups in total. The van der Waals surface area contributed by atoms with Crippen molar-refractivity contribution < 1.29 is 24.2 Å². The highest BCUT2D eigenvalue weighted by atomic mass is 16.5. The number of carboxylic acid groups (broad SMARTS) is 1. The lowest BCUT2D eigenvalue weighted by Gasteiger charge is -2.07.